The van der Waals surface area contributed by atoms with E-state index in [1.807, 2.05) is 20.8 Å². The molecule has 6 nitrogen and oxygen atoms in total. The molecule has 0 aromatic carbocycles. The standard InChI is InChI=1S/C15H26N2O4/c1-14(2,3)10-16-13(21)17-11(18)8-15(9-12(19)20)6-4-5-7-15/h4-10H2,1-3H3,(H,19,20)(H2,16,17,18,21). The molecule has 1 rings (SSSR count). The SMILES string of the molecule is CC(C)(C)CNC(=O)NC(=O)CC1(CC(=O)O)CCCC1. The van der Waals surface area contributed by atoms with Crippen LogP contribution in [0.25, 0.3) is 0 Å². The largest absolute Gasteiger partial charge is 0.481 e. The monoisotopic (exact) mass is 298 g/mol. The van der Waals surface area contributed by atoms with Crippen LogP contribution in [0.15, 0.2) is 0 Å². The lowest BCUT2D eigenvalue weighted by atomic mass is 9.79. The molecular formula is C15H26N2O4. The fourth-order valence-electron chi connectivity index (χ4n) is 2.76. The lowest BCUT2D eigenvalue weighted by molar-refractivity contribution is -0.140. The van der Waals surface area contributed by atoms with E-state index in [0.29, 0.717) is 6.54 Å². The average Bonchev–Trinajstić information content (AvgIpc) is 2.72. The molecule has 6 heteroatoms. The van der Waals surface area contributed by atoms with Gasteiger partial charge in [0.1, 0.15) is 0 Å². The van der Waals surface area contributed by atoms with E-state index in [1.165, 1.54) is 0 Å². The molecule has 1 saturated carbocycles. The first-order chi connectivity index (χ1) is 9.62. The van der Waals surface area contributed by atoms with Gasteiger partial charge in [0.2, 0.25) is 5.91 Å². The van der Waals surface area contributed by atoms with Crippen molar-refractivity contribution >= 4 is 17.9 Å². The Bertz CT molecular complexity index is 406. The van der Waals surface area contributed by atoms with Crippen LogP contribution in [0.5, 0.6) is 0 Å². The summed E-state index contributed by atoms with van der Waals surface area (Å²) < 4.78 is 0. The number of carboxylic acid groups (broad SMARTS) is 1. The fraction of sp³-hybridized carbons (Fsp3) is 0.800. The van der Waals surface area contributed by atoms with Gasteiger partial charge in [-0.05, 0) is 23.7 Å². The zero-order valence-corrected chi connectivity index (χ0v) is 13.1. The van der Waals surface area contributed by atoms with Crippen LogP contribution in [0.1, 0.15) is 59.3 Å². The number of carboxylic acids is 1. The highest BCUT2D eigenvalue weighted by molar-refractivity contribution is 5.94. The van der Waals surface area contributed by atoms with Crippen molar-refractivity contribution in [1.82, 2.24) is 10.6 Å². The summed E-state index contributed by atoms with van der Waals surface area (Å²) in [5, 5.41) is 13.9. The van der Waals surface area contributed by atoms with Gasteiger partial charge in [0.15, 0.2) is 0 Å². The third-order valence-corrected chi connectivity index (χ3v) is 3.76. The summed E-state index contributed by atoms with van der Waals surface area (Å²) in [6, 6.07) is -0.515. The summed E-state index contributed by atoms with van der Waals surface area (Å²) in [6.45, 7) is 6.41. The molecule has 1 aliphatic rings. The fourth-order valence-corrected chi connectivity index (χ4v) is 2.76. The number of carbonyl (C=O) groups excluding carboxylic acids is 2. The van der Waals surface area contributed by atoms with Crippen LogP contribution in [-0.2, 0) is 9.59 Å². The number of urea groups is 1. The number of nitrogens with one attached hydrogen (secondary N) is 2. The minimum absolute atomic E-state index is 0.00989. The Morgan fingerprint density at radius 3 is 2.14 bits per heavy atom. The van der Waals surface area contributed by atoms with Crippen molar-refractivity contribution in [2.45, 2.75) is 59.3 Å². The number of hydrogen-bond acceptors (Lipinski definition) is 3. The van der Waals surface area contributed by atoms with E-state index in [9.17, 15) is 14.4 Å². The van der Waals surface area contributed by atoms with Crippen molar-refractivity contribution < 1.29 is 19.5 Å². The van der Waals surface area contributed by atoms with Crippen molar-refractivity contribution in [1.29, 1.82) is 0 Å². The van der Waals surface area contributed by atoms with Crippen molar-refractivity contribution in [3.8, 4) is 0 Å². The Labute approximate surface area is 125 Å². The maximum absolute atomic E-state index is 12.0. The normalized spacial score (nSPS) is 17.3. The summed E-state index contributed by atoms with van der Waals surface area (Å²) in [7, 11) is 0. The van der Waals surface area contributed by atoms with Gasteiger partial charge in [0.25, 0.3) is 0 Å². The smallest absolute Gasteiger partial charge is 0.321 e. The zero-order valence-electron chi connectivity index (χ0n) is 13.1. The van der Waals surface area contributed by atoms with Crippen LogP contribution in [0, 0.1) is 10.8 Å². The second kappa shape index (κ2) is 6.91. The van der Waals surface area contributed by atoms with Gasteiger partial charge in [0.05, 0.1) is 6.42 Å². The molecule has 21 heavy (non-hydrogen) atoms. The van der Waals surface area contributed by atoms with Gasteiger partial charge in [0, 0.05) is 13.0 Å². The second-order valence-corrected chi connectivity index (χ2v) is 7.25. The van der Waals surface area contributed by atoms with Crippen LogP contribution in [0.4, 0.5) is 4.79 Å². The van der Waals surface area contributed by atoms with E-state index >= 15 is 0 Å². The third-order valence-electron chi connectivity index (χ3n) is 3.76. The minimum Gasteiger partial charge on any atom is -0.481 e. The summed E-state index contributed by atoms with van der Waals surface area (Å²) in [6.07, 6.45) is 3.44. The van der Waals surface area contributed by atoms with E-state index in [1.54, 1.807) is 0 Å². The average molecular weight is 298 g/mol. The highest BCUT2D eigenvalue weighted by atomic mass is 16.4. The van der Waals surface area contributed by atoms with Gasteiger partial charge >= 0.3 is 12.0 Å². The molecule has 3 N–H and O–H groups in total. The highest BCUT2D eigenvalue weighted by Crippen LogP contribution is 2.43. The Hall–Kier alpha value is -1.59. The minimum atomic E-state index is -0.887. The van der Waals surface area contributed by atoms with Crippen LogP contribution < -0.4 is 10.6 Å². The molecule has 3 amide bonds. The summed E-state index contributed by atoms with van der Waals surface area (Å²) in [5.74, 6) is -1.29. The first-order valence-corrected chi connectivity index (χ1v) is 7.41. The Morgan fingerprint density at radius 1 is 1.10 bits per heavy atom. The topological polar surface area (TPSA) is 95.5 Å². The van der Waals surface area contributed by atoms with E-state index in [4.69, 9.17) is 5.11 Å². The molecule has 0 unspecified atom stereocenters. The predicted molar refractivity (Wildman–Crippen MR) is 78.8 cm³/mol. The molecule has 0 heterocycles. The molecule has 1 aliphatic carbocycles. The number of carbonyl (C=O) groups is 3. The van der Waals surface area contributed by atoms with Gasteiger partial charge in [-0.1, -0.05) is 33.6 Å². The molecule has 0 saturated heterocycles. The lowest BCUT2D eigenvalue weighted by Crippen LogP contribution is -2.44. The predicted octanol–water partition coefficient (Wildman–Crippen LogP) is 2.28. The number of aliphatic carboxylic acids is 1. The number of amides is 3. The molecule has 0 aliphatic heterocycles. The van der Waals surface area contributed by atoms with Crippen molar-refractivity contribution in [2.24, 2.45) is 10.8 Å². The number of imide groups is 1. The number of rotatable bonds is 5. The number of hydrogen-bond donors (Lipinski definition) is 3. The van der Waals surface area contributed by atoms with Gasteiger partial charge in [-0.3, -0.25) is 14.9 Å². The van der Waals surface area contributed by atoms with Crippen LogP contribution in [0.3, 0.4) is 0 Å². The van der Waals surface area contributed by atoms with E-state index in [0.717, 1.165) is 25.7 Å². The van der Waals surface area contributed by atoms with Crippen LogP contribution in [-0.4, -0.2) is 29.6 Å². The first-order valence-electron chi connectivity index (χ1n) is 7.41. The molecule has 120 valence electrons. The molecule has 0 atom stereocenters. The Balaban J connectivity index is 2.47. The molecule has 0 aromatic heterocycles. The van der Waals surface area contributed by atoms with Crippen LogP contribution in [0.2, 0.25) is 0 Å². The summed E-state index contributed by atoms with van der Waals surface area (Å²) in [5.41, 5.74) is -0.545. The maximum atomic E-state index is 12.0. The van der Waals surface area contributed by atoms with Gasteiger partial charge in [-0.15, -0.1) is 0 Å². The van der Waals surface area contributed by atoms with Gasteiger partial charge < -0.3 is 10.4 Å². The van der Waals surface area contributed by atoms with Crippen molar-refractivity contribution in [3.05, 3.63) is 0 Å². The second-order valence-electron chi connectivity index (χ2n) is 7.25. The Morgan fingerprint density at radius 2 is 1.67 bits per heavy atom. The first kappa shape index (κ1) is 17.5. The maximum Gasteiger partial charge on any atom is 0.321 e. The summed E-state index contributed by atoms with van der Waals surface area (Å²) >= 11 is 0. The molecule has 0 aromatic rings. The highest BCUT2D eigenvalue weighted by Gasteiger charge is 2.38. The quantitative estimate of drug-likeness (QED) is 0.725. The van der Waals surface area contributed by atoms with E-state index in [-0.39, 0.29) is 18.3 Å². The van der Waals surface area contributed by atoms with Gasteiger partial charge in [-0.25, -0.2) is 4.79 Å². The lowest BCUT2D eigenvalue weighted by Gasteiger charge is -2.26. The van der Waals surface area contributed by atoms with Gasteiger partial charge in [-0.2, -0.15) is 0 Å². The molecular weight excluding hydrogens is 272 g/mol. The van der Waals surface area contributed by atoms with Crippen molar-refractivity contribution in [3.63, 3.8) is 0 Å². The Kier molecular flexibility index (Phi) is 5.75. The third kappa shape index (κ3) is 6.60. The van der Waals surface area contributed by atoms with E-state index < -0.39 is 23.3 Å². The van der Waals surface area contributed by atoms with Crippen molar-refractivity contribution in [2.75, 3.05) is 6.54 Å². The summed E-state index contributed by atoms with van der Waals surface area (Å²) in [4.78, 5) is 34.6. The van der Waals surface area contributed by atoms with E-state index in [2.05, 4.69) is 10.6 Å². The molecule has 0 spiro atoms. The molecule has 1 fully saturated rings. The molecule has 0 radical (unpaired) electrons. The van der Waals surface area contributed by atoms with Crippen LogP contribution >= 0.6 is 0 Å². The zero-order chi connectivity index (χ0) is 16.1. The molecule has 0 bridgehead atoms.